The first-order valence-electron chi connectivity index (χ1n) is 8.33. The van der Waals surface area contributed by atoms with Gasteiger partial charge in [0.05, 0.1) is 0 Å². The molecule has 4 heteroatoms. The zero-order chi connectivity index (χ0) is 16.0. The van der Waals surface area contributed by atoms with E-state index in [1.807, 2.05) is 33.0 Å². The van der Waals surface area contributed by atoms with Crippen molar-refractivity contribution >= 4 is 6.09 Å². The molecule has 0 aliphatic heterocycles. The van der Waals surface area contributed by atoms with Crippen molar-refractivity contribution in [2.45, 2.75) is 71.4 Å². The number of hydrogen-bond donors (Lipinski definition) is 1. The summed E-state index contributed by atoms with van der Waals surface area (Å²) in [6, 6.07) is 4.13. The number of alkyl carbamates (subject to hydrolysis) is 1. The number of nitrogens with one attached hydrogen (secondary N) is 1. The first kappa shape index (κ1) is 16.8. The van der Waals surface area contributed by atoms with Gasteiger partial charge in [0, 0.05) is 18.4 Å². The van der Waals surface area contributed by atoms with Crippen LogP contribution in [-0.2, 0) is 17.7 Å². The van der Waals surface area contributed by atoms with E-state index in [9.17, 15) is 4.79 Å². The van der Waals surface area contributed by atoms with Crippen LogP contribution >= 0.6 is 0 Å². The van der Waals surface area contributed by atoms with E-state index in [1.54, 1.807) is 0 Å². The van der Waals surface area contributed by atoms with Crippen LogP contribution in [0.3, 0.4) is 0 Å². The lowest BCUT2D eigenvalue weighted by atomic mass is 9.86. The molecule has 0 aromatic carbocycles. The molecule has 1 aliphatic rings. The van der Waals surface area contributed by atoms with Gasteiger partial charge >= 0.3 is 6.09 Å². The highest BCUT2D eigenvalue weighted by molar-refractivity contribution is 5.67. The molecule has 0 spiro atoms. The van der Waals surface area contributed by atoms with Gasteiger partial charge in [-0.3, -0.25) is 4.98 Å². The number of nitrogens with zero attached hydrogens (tertiary/aromatic N) is 1. The van der Waals surface area contributed by atoms with Crippen LogP contribution in [0, 0.1) is 5.92 Å². The number of aromatic nitrogens is 1. The molecule has 4 nitrogen and oxygen atoms in total. The van der Waals surface area contributed by atoms with Crippen molar-refractivity contribution in [3.63, 3.8) is 0 Å². The highest BCUT2D eigenvalue weighted by Crippen LogP contribution is 2.26. The van der Waals surface area contributed by atoms with E-state index in [-0.39, 0.29) is 0 Å². The summed E-state index contributed by atoms with van der Waals surface area (Å²) < 4.78 is 5.21. The Kier molecular flexibility index (Phi) is 5.81. The SMILES string of the molecule is CC(C)(C)OC(=O)NCc1ccc(CC2CCCCC2)nc1. The van der Waals surface area contributed by atoms with E-state index >= 15 is 0 Å². The van der Waals surface area contributed by atoms with Gasteiger partial charge in [0.2, 0.25) is 0 Å². The molecule has 1 N–H and O–H groups in total. The number of rotatable bonds is 4. The summed E-state index contributed by atoms with van der Waals surface area (Å²) in [5.74, 6) is 0.798. The maximum atomic E-state index is 11.6. The summed E-state index contributed by atoms with van der Waals surface area (Å²) in [6.45, 7) is 6.02. The average Bonchev–Trinajstić information content (AvgIpc) is 2.46. The smallest absolute Gasteiger partial charge is 0.407 e. The fraction of sp³-hybridized carbons (Fsp3) is 0.667. The lowest BCUT2D eigenvalue weighted by Gasteiger charge is -2.21. The number of pyridine rings is 1. The Morgan fingerprint density at radius 2 is 2.00 bits per heavy atom. The summed E-state index contributed by atoms with van der Waals surface area (Å²) in [5, 5.41) is 2.76. The topological polar surface area (TPSA) is 51.2 Å². The van der Waals surface area contributed by atoms with Gasteiger partial charge in [-0.1, -0.05) is 38.2 Å². The molecule has 0 unspecified atom stereocenters. The summed E-state index contributed by atoms with van der Waals surface area (Å²) in [4.78, 5) is 16.1. The maximum Gasteiger partial charge on any atom is 0.407 e. The van der Waals surface area contributed by atoms with E-state index in [4.69, 9.17) is 4.74 Å². The Morgan fingerprint density at radius 3 is 2.59 bits per heavy atom. The Labute approximate surface area is 133 Å². The van der Waals surface area contributed by atoms with Crippen molar-refractivity contribution in [1.29, 1.82) is 0 Å². The Balaban J connectivity index is 1.77. The molecule has 1 heterocycles. The molecular formula is C18H28N2O2. The zero-order valence-corrected chi connectivity index (χ0v) is 14.0. The van der Waals surface area contributed by atoms with E-state index in [2.05, 4.69) is 16.4 Å². The highest BCUT2D eigenvalue weighted by Gasteiger charge is 2.16. The van der Waals surface area contributed by atoms with E-state index in [0.717, 1.165) is 23.6 Å². The van der Waals surface area contributed by atoms with Gasteiger partial charge in [-0.05, 0) is 44.7 Å². The lowest BCUT2D eigenvalue weighted by Crippen LogP contribution is -2.32. The van der Waals surface area contributed by atoms with Gasteiger partial charge in [-0.2, -0.15) is 0 Å². The van der Waals surface area contributed by atoms with Crippen LogP contribution in [0.2, 0.25) is 0 Å². The molecule has 1 aliphatic carbocycles. The van der Waals surface area contributed by atoms with Gasteiger partial charge in [0.25, 0.3) is 0 Å². The quantitative estimate of drug-likeness (QED) is 0.905. The molecule has 1 fully saturated rings. The molecule has 1 aromatic rings. The summed E-state index contributed by atoms with van der Waals surface area (Å²) in [6.07, 6.45) is 9.34. The van der Waals surface area contributed by atoms with E-state index < -0.39 is 11.7 Å². The molecule has 22 heavy (non-hydrogen) atoms. The third-order valence-corrected chi connectivity index (χ3v) is 3.94. The normalized spacial score (nSPS) is 16.3. The zero-order valence-electron chi connectivity index (χ0n) is 14.0. The molecule has 0 saturated heterocycles. The molecule has 0 radical (unpaired) electrons. The number of amides is 1. The monoisotopic (exact) mass is 304 g/mol. The Bertz CT molecular complexity index is 471. The van der Waals surface area contributed by atoms with Crippen LogP contribution in [0.1, 0.15) is 64.1 Å². The number of hydrogen-bond acceptors (Lipinski definition) is 3. The molecule has 0 atom stereocenters. The highest BCUT2D eigenvalue weighted by atomic mass is 16.6. The van der Waals surface area contributed by atoms with Gasteiger partial charge < -0.3 is 10.1 Å². The minimum atomic E-state index is -0.466. The van der Waals surface area contributed by atoms with Gasteiger partial charge in [0.1, 0.15) is 5.60 Å². The summed E-state index contributed by atoms with van der Waals surface area (Å²) in [5.41, 5.74) is 1.69. The lowest BCUT2D eigenvalue weighted by molar-refractivity contribution is 0.0523. The van der Waals surface area contributed by atoms with Gasteiger partial charge in [-0.15, -0.1) is 0 Å². The maximum absolute atomic E-state index is 11.6. The van der Waals surface area contributed by atoms with E-state index in [0.29, 0.717) is 6.54 Å². The molecule has 1 amide bonds. The van der Waals surface area contributed by atoms with Crippen LogP contribution < -0.4 is 5.32 Å². The molecular weight excluding hydrogens is 276 g/mol. The standard InChI is InChI=1S/C18H28N2O2/c1-18(2,3)22-17(21)20-13-15-9-10-16(19-12-15)11-14-7-5-4-6-8-14/h9-10,12,14H,4-8,11,13H2,1-3H3,(H,20,21). The van der Waals surface area contributed by atoms with Crippen LogP contribution in [0.25, 0.3) is 0 Å². The Hall–Kier alpha value is -1.58. The van der Waals surface area contributed by atoms with Crippen molar-refractivity contribution in [3.8, 4) is 0 Å². The van der Waals surface area contributed by atoms with Crippen molar-refractivity contribution in [3.05, 3.63) is 29.6 Å². The summed E-state index contributed by atoms with van der Waals surface area (Å²) >= 11 is 0. The minimum absolute atomic E-state index is 0.390. The molecule has 122 valence electrons. The number of carbonyl (C=O) groups excluding carboxylic acids is 1. The second-order valence-corrected chi connectivity index (χ2v) is 7.22. The fourth-order valence-corrected chi connectivity index (χ4v) is 2.86. The van der Waals surface area contributed by atoms with Gasteiger partial charge in [-0.25, -0.2) is 4.79 Å². The number of ether oxygens (including phenoxy) is 1. The van der Waals surface area contributed by atoms with Crippen molar-refractivity contribution in [2.75, 3.05) is 0 Å². The second kappa shape index (κ2) is 7.61. The second-order valence-electron chi connectivity index (χ2n) is 7.22. The third kappa shape index (κ3) is 6.04. The van der Waals surface area contributed by atoms with Crippen LogP contribution in [0.15, 0.2) is 18.3 Å². The average molecular weight is 304 g/mol. The number of carbonyl (C=O) groups is 1. The van der Waals surface area contributed by atoms with E-state index in [1.165, 1.54) is 32.1 Å². The molecule has 1 aromatic heterocycles. The predicted molar refractivity (Wildman–Crippen MR) is 87.6 cm³/mol. The van der Waals surface area contributed by atoms with Crippen LogP contribution in [-0.4, -0.2) is 16.7 Å². The van der Waals surface area contributed by atoms with Crippen molar-refractivity contribution in [1.82, 2.24) is 10.3 Å². The van der Waals surface area contributed by atoms with Gasteiger partial charge in [0.15, 0.2) is 0 Å². The first-order chi connectivity index (χ1) is 10.4. The van der Waals surface area contributed by atoms with Crippen molar-refractivity contribution in [2.24, 2.45) is 5.92 Å². The predicted octanol–water partition coefficient (Wildman–Crippen LogP) is 4.23. The minimum Gasteiger partial charge on any atom is -0.444 e. The van der Waals surface area contributed by atoms with Crippen molar-refractivity contribution < 1.29 is 9.53 Å². The third-order valence-electron chi connectivity index (χ3n) is 3.94. The van der Waals surface area contributed by atoms with Crippen LogP contribution in [0.5, 0.6) is 0 Å². The fourth-order valence-electron chi connectivity index (χ4n) is 2.86. The summed E-state index contributed by atoms with van der Waals surface area (Å²) in [7, 11) is 0. The molecule has 1 saturated carbocycles. The molecule has 0 bridgehead atoms. The largest absolute Gasteiger partial charge is 0.444 e. The van der Waals surface area contributed by atoms with Crippen LogP contribution in [0.4, 0.5) is 4.79 Å². The Morgan fingerprint density at radius 1 is 1.27 bits per heavy atom. The first-order valence-corrected chi connectivity index (χ1v) is 8.33. The molecule has 2 rings (SSSR count).